The topological polar surface area (TPSA) is 80.5 Å². The van der Waals surface area contributed by atoms with Gasteiger partial charge in [0.05, 0.1) is 5.69 Å². The van der Waals surface area contributed by atoms with Gasteiger partial charge in [-0.05, 0) is 6.07 Å². The minimum Gasteiger partial charge on any atom is -0.368 e. The van der Waals surface area contributed by atoms with Crippen molar-refractivity contribution in [3.63, 3.8) is 0 Å². The number of nitrogens with one attached hydrogen (secondary N) is 1. The largest absolute Gasteiger partial charge is 0.368 e. The molecular weight excluding hydrogens is 154 g/mol. The Kier molecular flexibility index (Phi) is 1.48. The van der Waals surface area contributed by atoms with Crippen LogP contribution in [0.1, 0.15) is 0 Å². The lowest BCUT2D eigenvalue weighted by molar-refractivity contribution is 1.09. The fraction of sp³-hybridized carbons (Fsp3) is 0. The number of hydrogen-bond acceptors (Lipinski definition) is 4. The first-order valence-corrected chi connectivity index (χ1v) is 3.43. The highest BCUT2D eigenvalue weighted by Crippen LogP contribution is 2.12. The van der Waals surface area contributed by atoms with Crippen molar-refractivity contribution in [3.8, 4) is 11.3 Å². The molecule has 0 saturated heterocycles. The summed E-state index contributed by atoms with van der Waals surface area (Å²) in [5.74, 6) is 0.276. The van der Waals surface area contributed by atoms with Gasteiger partial charge in [-0.15, -0.1) is 0 Å². The van der Waals surface area contributed by atoms with Crippen molar-refractivity contribution in [1.29, 1.82) is 0 Å². The smallest absolute Gasteiger partial charge is 0.219 e. The zero-order valence-electron chi connectivity index (χ0n) is 6.23. The van der Waals surface area contributed by atoms with Crippen molar-refractivity contribution >= 4 is 5.95 Å². The maximum Gasteiger partial charge on any atom is 0.219 e. The predicted octanol–water partition coefficient (Wildman–Crippen LogP) is 0.449. The number of nitrogens with zero attached hydrogens (tertiary/aromatic N) is 3. The monoisotopic (exact) mass is 161 g/mol. The summed E-state index contributed by atoms with van der Waals surface area (Å²) in [7, 11) is 0. The Labute approximate surface area is 68.7 Å². The zero-order chi connectivity index (χ0) is 8.39. The molecule has 2 aromatic rings. The maximum atomic E-state index is 5.33. The summed E-state index contributed by atoms with van der Waals surface area (Å²) in [4.78, 5) is 7.71. The van der Waals surface area contributed by atoms with Crippen LogP contribution in [0.25, 0.3) is 11.3 Å². The van der Waals surface area contributed by atoms with E-state index in [0.29, 0.717) is 0 Å². The van der Waals surface area contributed by atoms with E-state index in [1.165, 1.54) is 0 Å². The molecule has 0 aliphatic carbocycles. The molecule has 0 aliphatic heterocycles. The summed E-state index contributed by atoms with van der Waals surface area (Å²) in [6.07, 6.45) is 4.97. The molecule has 0 aromatic carbocycles. The highest BCUT2D eigenvalue weighted by atomic mass is 15.1. The summed E-state index contributed by atoms with van der Waals surface area (Å²) in [6.45, 7) is 0. The molecule has 5 heteroatoms. The Morgan fingerprint density at radius 3 is 2.58 bits per heavy atom. The van der Waals surface area contributed by atoms with Crippen LogP contribution in [0.4, 0.5) is 5.95 Å². The summed E-state index contributed by atoms with van der Waals surface area (Å²) in [5.41, 5.74) is 7.09. The fourth-order valence-corrected chi connectivity index (χ4v) is 0.894. The number of nitrogens with two attached hydrogens (primary N) is 1. The normalized spacial score (nSPS) is 10.0. The van der Waals surface area contributed by atoms with E-state index < -0.39 is 0 Å². The first kappa shape index (κ1) is 6.78. The number of nitrogen functional groups attached to an aromatic ring is 1. The van der Waals surface area contributed by atoms with E-state index in [9.17, 15) is 0 Å². The van der Waals surface area contributed by atoms with Crippen LogP contribution >= 0.6 is 0 Å². The lowest BCUT2D eigenvalue weighted by Crippen LogP contribution is -1.93. The maximum absolute atomic E-state index is 5.33. The second-order valence-electron chi connectivity index (χ2n) is 2.30. The molecule has 0 spiro atoms. The molecule has 60 valence electrons. The van der Waals surface area contributed by atoms with Crippen LogP contribution in [-0.4, -0.2) is 20.2 Å². The van der Waals surface area contributed by atoms with Crippen molar-refractivity contribution in [3.05, 3.63) is 24.7 Å². The van der Waals surface area contributed by atoms with Gasteiger partial charge in [-0.25, -0.2) is 9.97 Å². The van der Waals surface area contributed by atoms with Crippen LogP contribution in [0.2, 0.25) is 0 Å². The van der Waals surface area contributed by atoms with Gasteiger partial charge in [-0.1, -0.05) is 0 Å². The number of H-pyrrole nitrogens is 1. The molecular formula is C7H7N5. The van der Waals surface area contributed by atoms with E-state index in [0.717, 1.165) is 11.3 Å². The van der Waals surface area contributed by atoms with Crippen LogP contribution in [0.3, 0.4) is 0 Å². The summed E-state index contributed by atoms with van der Waals surface area (Å²) in [5, 5.41) is 6.61. The SMILES string of the molecule is Nc1ncc(-c2ccn[nH]2)cn1. The molecule has 3 N–H and O–H groups in total. The van der Waals surface area contributed by atoms with E-state index in [-0.39, 0.29) is 5.95 Å². The van der Waals surface area contributed by atoms with Gasteiger partial charge in [-0.2, -0.15) is 5.10 Å². The first-order chi connectivity index (χ1) is 5.86. The van der Waals surface area contributed by atoms with Crippen LogP contribution < -0.4 is 5.73 Å². The van der Waals surface area contributed by atoms with Crippen molar-refractivity contribution < 1.29 is 0 Å². The van der Waals surface area contributed by atoms with Gasteiger partial charge in [0.25, 0.3) is 0 Å². The predicted molar refractivity (Wildman–Crippen MR) is 44.0 cm³/mol. The molecule has 0 bridgehead atoms. The van der Waals surface area contributed by atoms with Gasteiger partial charge >= 0.3 is 0 Å². The summed E-state index contributed by atoms with van der Waals surface area (Å²) in [6, 6.07) is 1.84. The van der Waals surface area contributed by atoms with Gasteiger partial charge in [0, 0.05) is 24.2 Å². The second-order valence-corrected chi connectivity index (χ2v) is 2.30. The quantitative estimate of drug-likeness (QED) is 0.636. The first-order valence-electron chi connectivity index (χ1n) is 3.43. The third kappa shape index (κ3) is 1.12. The standard InChI is InChI=1S/C7H7N5/c8-7-9-3-5(4-10-7)6-1-2-11-12-6/h1-4H,(H,11,12)(H2,8,9,10). The van der Waals surface area contributed by atoms with E-state index in [4.69, 9.17) is 5.73 Å². The van der Waals surface area contributed by atoms with Gasteiger partial charge in [0.1, 0.15) is 0 Å². The molecule has 0 atom stereocenters. The molecule has 12 heavy (non-hydrogen) atoms. The summed E-state index contributed by atoms with van der Waals surface area (Å²) >= 11 is 0. The Hall–Kier alpha value is -1.91. The molecule has 2 heterocycles. The van der Waals surface area contributed by atoms with E-state index in [2.05, 4.69) is 20.2 Å². The highest BCUT2D eigenvalue weighted by Gasteiger charge is 1.98. The fourth-order valence-electron chi connectivity index (χ4n) is 0.894. The summed E-state index contributed by atoms with van der Waals surface area (Å²) < 4.78 is 0. The van der Waals surface area contributed by atoms with E-state index in [1.54, 1.807) is 18.6 Å². The van der Waals surface area contributed by atoms with E-state index in [1.807, 2.05) is 6.07 Å². The minimum absolute atomic E-state index is 0.276. The molecule has 0 fully saturated rings. The third-order valence-electron chi connectivity index (χ3n) is 1.48. The van der Waals surface area contributed by atoms with Crippen LogP contribution in [-0.2, 0) is 0 Å². The molecule has 0 unspecified atom stereocenters. The van der Waals surface area contributed by atoms with Crippen molar-refractivity contribution in [2.24, 2.45) is 0 Å². The molecule has 0 aliphatic rings. The average Bonchev–Trinajstić information content (AvgIpc) is 2.58. The number of aromatic amines is 1. The van der Waals surface area contributed by atoms with Gasteiger partial charge < -0.3 is 5.73 Å². The lowest BCUT2D eigenvalue weighted by atomic mass is 10.2. The van der Waals surface area contributed by atoms with Crippen LogP contribution in [0.15, 0.2) is 24.7 Å². The number of anilines is 1. The number of hydrogen-bond donors (Lipinski definition) is 2. The Bertz CT molecular complexity index is 350. The Morgan fingerprint density at radius 1 is 1.25 bits per heavy atom. The molecule has 0 amide bonds. The lowest BCUT2D eigenvalue weighted by Gasteiger charge is -1.94. The molecule has 2 aromatic heterocycles. The second kappa shape index (κ2) is 2.61. The molecule has 2 rings (SSSR count). The van der Waals surface area contributed by atoms with Crippen LogP contribution in [0.5, 0.6) is 0 Å². The van der Waals surface area contributed by atoms with Crippen molar-refractivity contribution in [1.82, 2.24) is 20.2 Å². The number of rotatable bonds is 1. The van der Waals surface area contributed by atoms with Crippen molar-refractivity contribution in [2.75, 3.05) is 5.73 Å². The van der Waals surface area contributed by atoms with Crippen LogP contribution in [0, 0.1) is 0 Å². The number of aromatic nitrogens is 4. The molecule has 5 nitrogen and oxygen atoms in total. The van der Waals surface area contributed by atoms with E-state index >= 15 is 0 Å². The average molecular weight is 161 g/mol. The Morgan fingerprint density at radius 2 is 2.00 bits per heavy atom. The highest BCUT2D eigenvalue weighted by molar-refractivity contribution is 5.56. The van der Waals surface area contributed by atoms with Gasteiger partial charge in [-0.3, -0.25) is 5.10 Å². The minimum atomic E-state index is 0.276. The van der Waals surface area contributed by atoms with Crippen molar-refractivity contribution in [2.45, 2.75) is 0 Å². The zero-order valence-corrected chi connectivity index (χ0v) is 6.23. The molecule has 0 radical (unpaired) electrons. The molecule has 0 saturated carbocycles. The van der Waals surface area contributed by atoms with Gasteiger partial charge in [0.15, 0.2) is 0 Å². The third-order valence-corrected chi connectivity index (χ3v) is 1.48. The van der Waals surface area contributed by atoms with Gasteiger partial charge in [0.2, 0.25) is 5.95 Å². The Balaban J connectivity index is 2.43.